The van der Waals surface area contributed by atoms with Gasteiger partial charge in [0.2, 0.25) is 0 Å². The maximum absolute atomic E-state index is 11.3. The van der Waals surface area contributed by atoms with Crippen LogP contribution in [0, 0.1) is 0 Å². The van der Waals surface area contributed by atoms with Crippen molar-refractivity contribution in [2.45, 2.75) is 31.8 Å². The molecule has 2 rings (SSSR count). The van der Waals surface area contributed by atoms with Crippen LogP contribution >= 0.6 is 11.6 Å². The van der Waals surface area contributed by atoms with E-state index in [1.54, 1.807) is 0 Å². The SMILES string of the molecule is C[C@H](NC1CCS(=O)CC1)c1ccc(Cl)cc1. The molecule has 2 nitrogen and oxygen atoms in total. The fourth-order valence-corrected chi connectivity index (χ4v) is 3.59. The van der Waals surface area contributed by atoms with Crippen LogP contribution in [0.3, 0.4) is 0 Å². The zero-order valence-electron chi connectivity index (χ0n) is 9.99. The molecule has 1 N–H and O–H groups in total. The maximum atomic E-state index is 11.3. The molecule has 1 aromatic rings. The van der Waals surface area contributed by atoms with Crippen molar-refractivity contribution in [2.24, 2.45) is 0 Å². The Balaban J connectivity index is 1.90. The van der Waals surface area contributed by atoms with Gasteiger partial charge < -0.3 is 5.32 Å². The van der Waals surface area contributed by atoms with E-state index in [0.29, 0.717) is 12.1 Å². The van der Waals surface area contributed by atoms with E-state index in [4.69, 9.17) is 11.6 Å². The summed E-state index contributed by atoms with van der Waals surface area (Å²) in [5, 5.41) is 4.37. The van der Waals surface area contributed by atoms with E-state index >= 15 is 0 Å². The molecule has 1 aliphatic heterocycles. The molecule has 1 heterocycles. The molecule has 94 valence electrons. The van der Waals surface area contributed by atoms with Crippen molar-refractivity contribution in [1.82, 2.24) is 5.32 Å². The predicted octanol–water partition coefficient (Wildman–Crippen LogP) is 2.90. The van der Waals surface area contributed by atoms with Crippen molar-refractivity contribution in [3.63, 3.8) is 0 Å². The molecule has 1 fully saturated rings. The van der Waals surface area contributed by atoms with Gasteiger partial charge in [0.05, 0.1) is 0 Å². The highest BCUT2D eigenvalue weighted by Crippen LogP contribution is 2.19. The standard InChI is InChI=1S/C13H18ClNOS/c1-10(11-2-4-12(14)5-3-11)15-13-6-8-17(16)9-7-13/h2-5,10,13,15H,6-9H2,1H3/t10-,13?,17?/m0/s1. The molecule has 0 radical (unpaired) electrons. The Morgan fingerprint density at radius 3 is 2.47 bits per heavy atom. The molecule has 0 unspecified atom stereocenters. The lowest BCUT2D eigenvalue weighted by molar-refractivity contribution is 0.427. The summed E-state index contributed by atoms with van der Waals surface area (Å²) in [6, 6.07) is 8.78. The molecule has 1 saturated heterocycles. The summed E-state index contributed by atoms with van der Waals surface area (Å²) in [4.78, 5) is 0. The fraction of sp³-hybridized carbons (Fsp3) is 0.538. The van der Waals surface area contributed by atoms with Gasteiger partial charge in [-0.3, -0.25) is 4.21 Å². The van der Waals surface area contributed by atoms with Gasteiger partial charge in [0.1, 0.15) is 0 Å². The fourth-order valence-electron chi connectivity index (χ4n) is 2.16. The second kappa shape index (κ2) is 5.98. The molecule has 4 heteroatoms. The highest BCUT2D eigenvalue weighted by atomic mass is 35.5. The summed E-state index contributed by atoms with van der Waals surface area (Å²) < 4.78 is 11.3. The minimum atomic E-state index is -0.581. The molecule has 0 aliphatic carbocycles. The van der Waals surface area contributed by atoms with Crippen molar-refractivity contribution in [2.75, 3.05) is 11.5 Å². The van der Waals surface area contributed by atoms with Crippen LogP contribution in [-0.2, 0) is 10.8 Å². The van der Waals surface area contributed by atoms with Crippen LogP contribution in [0.25, 0.3) is 0 Å². The van der Waals surface area contributed by atoms with Gasteiger partial charge in [-0.25, -0.2) is 0 Å². The topological polar surface area (TPSA) is 29.1 Å². The zero-order valence-corrected chi connectivity index (χ0v) is 11.6. The normalized spacial score (nSPS) is 26.7. The summed E-state index contributed by atoms with van der Waals surface area (Å²) in [7, 11) is -0.581. The van der Waals surface area contributed by atoms with Gasteiger partial charge >= 0.3 is 0 Å². The van der Waals surface area contributed by atoms with Crippen LogP contribution in [0.4, 0.5) is 0 Å². The first-order valence-corrected chi connectivity index (χ1v) is 7.88. The Kier molecular flexibility index (Phi) is 4.60. The van der Waals surface area contributed by atoms with E-state index in [9.17, 15) is 4.21 Å². The van der Waals surface area contributed by atoms with Gasteiger partial charge in [0, 0.05) is 39.4 Å². The average molecular weight is 272 g/mol. The second-order valence-corrected chi connectivity index (χ2v) is 6.69. The number of benzene rings is 1. The quantitative estimate of drug-likeness (QED) is 0.916. The molecule has 1 atom stereocenters. The molecule has 0 aromatic heterocycles. The monoisotopic (exact) mass is 271 g/mol. The summed E-state index contributed by atoms with van der Waals surface area (Å²) in [5.41, 5.74) is 1.25. The van der Waals surface area contributed by atoms with E-state index in [1.807, 2.05) is 12.1 Å². The number of hydrogen-bond donors (Lipinski definition) is 1. The first kappa shape index (κ1) is 13.1. The van der Waals surface area contributed by atoms with E-state index in [0.717, 1.165) is 29.4 Å². The Hall–Kier alpha value is -0.380. The Bertz CT molecular complexity index is 383. The summed E-state index contributed by atoms with van der Waals surface area (Å²) in [6.07, 6.45) is 2.04. The van der Waals surface area contributed by atoms with E-state index < -0.39 is 10.8 Å². The van der Waals surface area contributed by atoms with Gasteiger partial charge in [-0.2, -0.15) is 0 Å². The minimum Gasteiger partial charge on any atom is -0.307 e. The van der Waals surface area contributed by atoms with E-state index in [1.165, 1.54) is 5.56 Å². The molecular weight excluding hydrogens is 254 g/mol. The summed E-state index contributed by atoms with van der Waals surface area (Å²) >= 11 is 5.87. The van der Waals surface area contributed by atoms with Gasteiger partial charge in [-0.05, 0) is 37.5 Å². The van der Waals surface area contributed by atoms with Crippen molar-refractivity contribution in [3.8, 4) is 0 Å². The number of halogens is 1. The third-order valence-electron chi connectivity index (χ3n) is 3.24. The predicted molar refractivity (Wildman–Crippen MR) is 73.9 cm³/mol. The van der Waals surface area contributed by atoms with Crippen LogP contribution in [-0.4, -0.2) is 21.8 Å². The highest BCUT2D eigenvalue weighted by Gasteiger charge is 2.19. The average Bonchev–Trinajstić information content (AvgIpc) is 2.33. The summed E-state index contributed by atoms with van der Waals surface area (Å²) in [5.74, 6) is 1.68. The number of rotatable bonds is 3. The lowest BCUT2D eigenvalue weighted by Crippen LogP contribution is -2.37. The minimum absolute atomic E-state index is 0.323. The Morgan fingerprint density at radius 1 is 1.29 bits per heavy atom. The van der Waals surface area contributed by atoms with Crippen LogP contribution < -0.4 is 5.32 Å². The van der Waals surface area contributed by atoms with Crippen molar-refractivity contribution >= 4 is 22.4 Å². The van der Waals surface area contributed by atoms with Crippen LogP contribution in [0.2, 0.25) is 5.02 Å². The van der Waals surface area contributed by atoms with Crippen molar-refractivity contribution in [1.29, 1.82) is 0 Å². The van der Waals surface area contributed by atoms with Gasteiger partial charge in [0.15, 0.2) is 0 Å². The number of hydrogen-bond acceptors (Lipinski definition) is 2. The molecular formula is C13H18ClNOS. The second-order valence-electron chi connectivity index (χ2n) is 4.56. The maximum Gasteiger partial charge on any atom is 0.0406 e. The molecule has 0 saturated carbocycles. The van der Waals surface area contributed by atoms with Crippen molar-refractivity contribution < 1.29 is 4.21 Å². The zero-order chi connectivity index (χ0) is 12.3. The van der Waals surface area contributed by atoms with E-state index in [2.05, 4.69) is 24.4 Å². The number of nitrogens with one attached hydrogen (secondary N) is 1. The lowest BCUT2D eigenvalue weighted by atomic mass is 10.1. The van der Waals surface area contributed by atoms with Crippen LogP contribution in [0.15, 0.2) is 24.3 Å². The van der Waals surface area contributed by atoms with Crippen LogP contribution in [0.5, 0.6) is 0 Å². The lowest BCUT2D eigenvalue weighted by Gasteiger charge is -2.26. The highest BCUT2D eigenvalue weighted by molar-refractivity contribution is 7.85. The summed E-state index contributed by atoms with van der Waals surface area (Å²) in [6.45, 7) is 2.16. The van der Waals surface area contributed by atoms with Gasteiger partial charge in [-0.1, -0.05) is 23.7 Å². The Labute approximate surface area is 110 Å². The van der Waals surface area contributed by atoms with Crippen LogP contribution in [0.1, 0.15) is 31.4 Å². The first-order chi connectivity index (χ1) is 8.15. The van der Waals surface area contributed by atoms with Gasteiger partial charge in [-0.15, -0.1) is 0 Å². The smallest absolute Gasteiger partial charge is 0.0406 e. The van der Waals surface area contributed by atoms with E-state index in [-0.39, 0.29) is 0 Å². The molecule has 1 aliphatic rings. The molecule has 1 aromatic carbocycles. The third kappa shape index (κ3) is 3.80. The third-order valence-corrected chi connectivity index (χ3v) is 4.88. The molecule has 0 spiro atoms. The molecule has 17 heavy (non-hydrogen) atoms. The largest absolute Gasteiger partial charge is 0.307 e. The Morgan fingerprint density at radius 2 is 1.88 bits per heavy atom. The first-order valence-electron chi connectivity index (χ1n) is 6.01. The molecule has 0 bridgehead atoms. The van der Waals surface area contributed by atoms with Gasteiger partial charge in [0.25, 0.3) is 0 Å². The van der Waals surface area contributed by atoms with Crippen molar-refractivity contribution in [3.05, 3.63) is 34.9 Å². The molecule has 0 amide bonds.